The third kappa shape index (κ3) is 13.1. The maximum atomic E-state index is 11.5. The highest BCUT2D eigenvalue weighted by molar-refractivity contribution is 5.75. The van der Waals surface area contributed by atoms with E-state index in [1.54, 1.807) is 6.92 Å². The van der Waals surface area contributed by atoms with Crippen molar-refractivity contribution in [3.8, 4) is 0 Å². The molecular weight excluding hydrogens is 238 g/mol. The summed E-state index contributed by atoms with van der Waals surface area (Å²) in [7, 11) is 0. The number of rotatable bonds is 9. The molecule has 0 rings (SSSR count). The van der Waals surface area contributed by atoms with E-state index < -0.39 is 0 Å². The SMILES string of the molecule is CC(C)=CCC/C(C)=C/CNC(=O)CCCC(C)O. The van der Waals surface area contributed by atoms with E-state index in [0.29, 0.717) is 19.4 Å². The van der Waals surface area contributed by atoms with Gasteiger partial charge in [-0.15, -0.1) is 0 Å². The van der Waals surface area contributed by atoms with Gasteiger partial charge in [-0.05, 0) is 53.4 Å². The molecule has 110 valence electrons. The lowest BCUT2D eigenvalue weighted by Gasteiger charge is -2.05. The number of nitrogens with one attached hydrogen (secondary N) is 1. The van der Waals surface area contributed by atoms with Gasteiger partial charge in [0.25, 0.3) is 0 Å². The predicted octanol–water partition coefficient (Wildman–Crippen LogP) is 3.35. The standard InChI is InChI=1S/C16H29NO2/c1-13(2)7-5-8-14(3)11-12-17-16(19)10-6-9-15(4)18/h7,11,15,18H,5-6,8-10,12H2,1-4H3,(H,17,19)/b14-11+. The molecular formula is C16H29NO2. The van der Waals surface area contributed by atoms with Crippen molar-refractivity contribution in [2.24, 2.45) is 0 Å². The summed E-state index contributed by atoms with van der Waals surface area (Å²) in [5, 5.41) is 12.0. The zero-order valence-corrected chi connectivity index (χ0v) is 12.8. The number of carbonyl (C=O) groups is 1. The smallest absolute Gasteiger partial charge is 0.220 e. The van der Waals surface area contributed by atoms with E-state index in [-0.39, 0.29) is 12.0 Å². The molecule has 0 bridgehead atoms. The third-order valence-corrected chi connectivity index (χ3v) is 2.87. The molecule has 3 heteroatoms. The maximum absolute atomic E-state index is 11.5. The second-order valence-corrected chi connectivity index (χ2v) is 5.42. The van der Waals surface area contributed by atoms with Gasteiger partial charge >= 0.3 is 0 Å². The molecule has 0 aliphatic carbocycles. The van der Waals surface area contributed by atoms with Crippen molar-refractivity contribution in [3.05, 3.63) is 23.3 Å². The average Bonchev–Trinajstić information content (AvgIpc) is 2.27. The molecule has 0 aromatic rings. The molecule has 0 saturated carbocycles. The van der Waals surface area contributed by atoms with Gasteiger partial charge in [-0.2, -0.15) is 0 Å². The lowest BCUT2D eigenvalue weighted by Crippen LogP contribution is -2.23. The molecule has 0 fully saturated rings. The van der Waals surface area contributed by atoms with Gasteiger partial charge in [0.05, 0.1) is 6.10 Å². The minimum Gasteiger partial charge on any atom is -0.393 e. The summed E-state index contributed by atoms with van der Waals surface area (Å²) in [5.41, 5.74) is 2.65. The van der Waals surface area contributed by atoms with E-state index in [1.165, 1.54) is 11.1 Å². The Balaban J connectivity index is 3.69. The largest absolute Gasteiger partial charge is 0.393 e. The van der Waals surface area contributed by atoms with Crippen LogP contribution >= 0.6 is 0 Å². The number of hydrogen-bond acceptors (Lipinski definition) is 2. The van der Waals surface area contributed by atoms with Crippen molar-refractivity contribution in [1.29, 1.82) is 0 Å². The topological polar surface area (TPSA) is 49.3 Å². The first-order valence-electron chi connectivity index (χ1n) is 7.15. The molecule has 1 amide bonds. The Bertz CT molecular complexity index is 313. The number of amides is 1. The number of aliphatic hydroxyl groups is 1. The van der Waals surface area contributed by atoms with Crippen molar-refractivity contribution in [2.75, 3.05) is 6.54 Å². The zero-order valence-electron chi connectivity index (χ0n) is 12.8. The van der Waals surface area contributed by atoms with E-state index in [0.717, 1.165) is 19.3 Å². The van der Waals surface area contributed by atoms with Crippen LogP contribution in [0.2, 0.25) is 0 Å². The summed E-state index contributed by atoms with van der Waals surface area (Å²) in [5.74, 6) is 0.0639. The Morgan fingerprint density at radius 2 is 1.89 bits per heavy atom. The summed E-state index contributed by atoms with van der Waals surface area (Å²) in [6.07, 6.45) is 8.02. The summed E-state index contributed by atoms with van der Waals surface area (Å²) in [6, 6.07) is 0. The van der Waals surface area contributed by atoms with Crippen molar-refractivity contribution in [1.82, 2.24) is 5.32 Å². The summed E-state index contributed by atoms with van der Waals surface area (Å²) in [4.78, 5) is 11.5. The molecule has 0 spiro atoms. The number of allylic oxidation sites excluding steroid dienone is 3. The molecule has 3 nitrogen and oxygen atoms in total. The highest BCUT2D eigenvalue weighted by Gasteiger charge is 2.01. The van der Waals surface area contributed by atoms with Gasteiger partial charge in [0, 0.05) is 13.0 Å². The van der Waals surface area contributed by atoms with Gasteiger partial charge in [0.1, 0.15) is 0 Å². The fourth-order valence-electron chi connectivity index (χ4n) is 1.68. The monoisotopic (exact) mass is 267 g/mol. The first kappa shape index (κ1) is 17.9. The van der Waals surface area contributed by atoms with Gasteiger partial charge < -0.3 is 10.4 Å². The van der Waals surface area contributed by atoms with E-state index in [2.05, 4.69) is 38.2 Å². The van der Waals surface area contributed by atoms with Crippen LogP contribution in [0.1, 0.15) is 59.8 Å². The molecule has 19 heavy (non-hydrogen) atoms. The predicted molar refractivity (Wildman–Crippen MR) is 81.0 cm³/mol. The number of hydrogen-bond donors (Lipinski definition) is 2. The minimum absolute atomic E-state index is 0.0639. The van der Waals surface area contributed by atoms with Crippen molar-refractivity contribution in [3.63, 3.8) is 0 Å². The van der Waals surface area contributed by atoms with Gasteiger partial charge in [-0.3, -0.25) is 4.79 Å². The molecule has 0 radical (unpaired) electrons. The van der Waals surface area contributed by atoms with E-state index in [9.17, 15) is 4.79 Å². The van der Waals surface area contributed by atoms with Crippen LogP contribution < -0.4 is 5.32 Å². The normalized spacial score (nSPS) is 13.0. The molecule has 0 aromatic heterocycles. The van der Waals surface area contributed by atoms with Crippen LogP contribution in [0.3, 0.4) is 0 Å². The molecule has 0 aliphatic rings. The molecule has 1 atom stereocenters. The Morgan fingerprint density at radius 3 is 2.47 bits per heavy atom. The van der Waals surface area contributed by atoms with Gasteiger partial charge in [0.15, 0.2) is 0 Å². The Labute approximate surface area is 117 Å². The van der Waals surface area contributed by atoms with Gasteiger partial charge in [-0.25, -0.2) is 0 Å². The first-order valence-corrected chi connectivity index (χ1v) is 7.15. The Kier molecular flexibility index (Phi) is 10.2. The number of aliphatic hydroxyl groups excluding tert-OH is 1. The number of carbonyl (C=O) groups excluding carboxylic acids is 1. The van der Waals surface area contributed by atoms with Crippen LogP contribution in [0.4, 0.5) is 0 Å². The van der Waals surface area contributed by atoms with Crippen LogP contribution in [0.15, 0.2) is 23.3 Å². The third-order valence-electron chi connectivity index (χ3n) is 2.87. The molecule has 1 unspecified atom stereocenters. The fourth-order valence-corrected chi connectivity index (χ4v) is 1.68. The van der Waals surface area contributed by atoms with Crippen LogP contribution in [-0.2, 0) is 4.79 Å². The highest BCUT2D eigenvalue weighted by atomic mass is 16.3. The summed E-state index contributed by atoms with van der Waals surface area (Å²) < 4.78 is 0. The second-order valence-electron chi connectivity index (χ2n) is 5.42. The van der Waals surface area contributed by atoms with Crippen molar-refractivity contribution >= 4 is 5.91 Å². The lowest BCUT2D eigenvalue weighted by atomic mass is 10.1. The van der Waals surface area contributed by atoms with Crippen LogP contribution in [0.5, 0.6) is 0 Å². The minimum atomic E-state index is -0.315. The van der Waals surface area contributed by atoms with E-state index in [1.807, 2.05) is 0 Å². The molecule has 0 saturated heterocycles. The van der Waals surface area contributed by atoms with Crippen LogP contribution in [-0.4, -0.2) is 23.7 Å². The molecule has 0 aliphatic heterocycles. The summed E-state index contributed by atoms with van der Waals surface area (Å²) >= 11 is 0. The Hall–Kier alpha value is -1.09. The quantitative estimate of drug-likeness (QED) is 0.629. The zero-order chi connectivity index (χ0) is 14.7. The van der Waals surface area contributed by atoms with Gasteiger partial charge in [-0.1, -0.05) is 23.3 Å². The second kappa shape index (κ2) is 10.8. The van der Waals surface area contributed by atoms with E-state index >= 15 is 0 Å². The first-order chi connectivity index (χ1) is 8.91. The highest BCUT2D eigenvalue weighted by Crippen LogP contribution is 2.06. The Morgan fingerprint density at radius 1 is 1.21 bits per heavy atom. The average molecular weight is 267 g/mol. The molecule has 2 N–H and O–H groups in total. The van der Waals surface area contributed by atoms with E-state index in [4.69, 9.17) is 5.11 Å². The lowest BCUT2D eigenvalue weighted by molar-refractivity contribution is -0.121. The van der Waals surface area contributed by atoms with Crippen LogP contribution in [0.25, 0.3) is 0 Å². The maximum Gasteiger partial charge on any atom is 0.220 e. The van der Waals surface area contributed by atoms with Crippen molar-refractivity contribution in [2.45, 2.75) is 65.9 Å². The summed E-state index contributed by atoms with van der Waals surface area (Å²) in [6.45, 7) is 8.65. The molecule has 0 aromatic carbocycles. The van der Waals surface area contributed by atoms with Crippen LogP contribution in [0, 0.1) is 0 Å². The fraction of sp³-hybridized carbons (Fsp3) is 0.688. The van der Waals surface area contributed by atoms with Gasteiger partial charge in [0.2, 0.25) is 5.91 Å². The molecule has 0 heterocycles. The van der Waals surface area contributed by atoms with Crippen molar-refractivity contribution < 1.29 is 9.90 Å².